The van der Waals surface area contributed by atoms with Gasteiger partial charge in [0, 0.05) is 21.3 Å². The average Bonchev–Trinajstić information content (AvgIpc) is 3.28. The first-order valence-corrected chi connectivity index (χ1v) is 11.8. The summed E-state index contributed by atoms with van der Waals surface area (Å²) in [4.78, 5) is 23.6. The molecule has 0 unspecified atom stereocenters. The highest BCUT2D eigenvalue weighted by molar-refractivity contribution is 9.10. The molecule has 0 saturated heterocycles. The highest BCUT2D eigenvalue weighted by Crippen LogP contribution is 2.28. The van der Waals surface area contributed by atoms with E-state index in [1.54, 1.807) is 18.2 Å². The van der Waals surface area contributed by atoms with Crippen LogP contribution in [-0.4, -0.2) is 43.7 Å². The molecule has 0 aliphatic carbocycles. The summed E-state index contributed by atoms with van der Waals surface area (Å²) in [5.41, 5.74) is 4.68. The second-order valence-electron chi connectivity index (χ2n) is 6.96. The van der Waals surface area contributed by atoms with Crippen LogP contribution in [0.3, 0.4) is 0 Å². The maximum Gasteiger partial charge on any atom is 0.336 e. The fourth-order valence-corrected chi connectivity index (χ4v) is 4.11. The zero-order valence-electron chi connectivity index (χ0n) is 17.6. The monoisotopic (exact) mass is 535 g/mol. The molecule has 10 heteroatoms. The number of nitrogens with one attached hydrogen (secondary N) is 1. The average molecular weight is 536 g/mol. The van der Waals surface area contributed by atoms with Crippen LogP contribution in [0.15, 0.2) is 93.6 Å². The third-order valence-corrected chi connectivity index (χ3v) is 6.12. The smallest absolute Gasteiger partial charge is 0.336 e. The first kappa shape index (κ1) is 23.4. The van der Waals surface area contributed by atoms with Crippen LogP contribution in [0.2, 0.25) is 0 Å². The van der Waals surface area contributed by atoms with Gasteiger partial charge in [-0.25, -0.2) is 10.2 Å². The van der Waals surface area contributed by atoms with Gasteiger partial charge in [-0.05, 0) is 30.3 Å². The minimum atomic E-state index is -1.06. The number of halogens is 1. The molecule has 170 valence electrons. The lowest BCUT2D eigenvalue weighted by molar-refractivity contribution is -0.118. The van der Waals surface area contributed by atoms with Crippen molar-refractivity contribution in [3.8, 4) is 17.1 Å². The summed E-state index contributed by atoms with van der Waals surface area (Å²) in [6.45, 7) is 0. The number of carbonyl (C=O) groups is 2. The van der Waals surface area contributed by atoms with E-state index in [4.69, 9.17) is 0 Å². The van der Waals surface area contributed by atoms with Crippen molar-refractivity contribution in [2.45, 2.75) is 5.16 Å². The maximum atomic E-state index is 12.4. The largest absolute Gasteiger partial charge is 0.478 e. The van der Waals surface area contributed by atoms with Crippen molar-refractivity contribution in [3.05, 3.63) is 94.5 Å². The van der Waals surface area contributed by atoms with Crippen molar-refractivity contribution >= 4 is 45.8 Å². The highest BCUT2D eigenvalue weighted by Gasteiger charge is 2.17. The standard InChI is InChI=1S/C24H18BrN5O3S/c25-18-10-12-19(13-11-18)30-22(16-6-2-1-3-7-16)28-29-24(30)34-15-21(31)27-26-14-17-8-4-5-9-20(17)23(32)33/h1-14H,15H2,(H,27,31)(H,32,33)/b26-14+. The van der Waals surface area contributed by atoms with Gasteiger partial charge in [0.15, 0.2) is 11.0 Å². The number of hydrazone groups is 1. The minimum Gasteiger partial charge on any atom is -0.478 e. The van der Waals surface area contributed by atoms with E-state index in [0.717, 1.165) is 15.7 Å². The molecule has 0 saturated carbocycles. The predicted molar refractivity (Wildman–Crippen MR) is 134 cm³/mol. The SMILES string of the molecule is O=C(CSc1nnc(-c2ccccc2)n1-c1ccc(Br)cc1)N/N=C/c1ccccc1C(=O)O. The number of hydrogen-bond donors (Lipinski definition) is 2. The van der Waals surface area contributed by atoms with E-state index < -0.39 is 5.97 Å². The Morgan fingerprint density at radius 2 is 1.71 bits per heavy atom. The Morgan fingerprint density at radius 1 is 1.00 bits per heavy atom. The Balaban J connectivity index is 1.50. The van der Waals surface area contributed by atoms with E-state index in [0.29, 0.717) is 16.5 Å². The topological polar surface area (TPSA) is 109 Å². The summed E-state index contributed by atoms with van der Waals surface area (Å²) in [6, 6.07) is 23.8. The van der Waals surface area contributed by atoms with Crippen LogP contribution in [0.1, 0.15) is 15.9 Å². The Labute approximate surface area is 207 Å². The molecule has 34 heavy (non-hydrogen) atoms. The molecule has 0 aliphatic rings. The van der Waals surface area contributed by atoms with Crippen LogP contribution in [0.5, 0.6) is 0 Å². The number of benzene rings is 3. The lowest BCUT2D eigenvalue weighted by Gasteiger charge is -2.10. The molecule has 2 N–H and O–H groups in total. The molecule has 0 bridgehead atoms. The molecule has 1 heterocycles. The van der Waals surface area contributed by atoms with Crippen LogP contribution in [0, 0.1) is 0 Å². The molecule has 8 nitrogen and oxygen atoms in total. The van der Waals surface area contributed by atoms with Crippen molar-refractivity contribution in [2.75, 3.05) is 5.75 Å². The van der Waals surface area contributed by atoms with E-state index in [9.17, 15) is 14.7 Å². The third kappa shape index (κ3) is 5.59. The van der Waals surface area contributed by atoms with Gasteiger partial charge >= 0.3 is 5.97 Å². The molecule has 0 atom stereocenters. The molecule has 0 spiro atoms. The fourth-order valence-electron chi connectivity index (χ4n) is 3.10. The Kier molecular flexibility index (Phi) is 7.51. The van der Waals surface area contributed by atoms with E-state index in [-0.39, 0.29) is 17.2 Å². The van der Waals surface area contributed by atoms with Crippen molar-refractivity contribution in [3.63, 3.8) is 0 Å². The van der Waals surface area contributed by atoms with Crippen molar-refractivity contribution < 1.29 is 14.7 Å². The molecule has 4 aromatic rings. The number of aromatic nitrogens is 3. The van der Waals surface area contributed by atoms with E-state index in [1.807, 2.05) is 59.2 Å². The highest BCUT2D eigenvalue weighted by atomic mass is 79.9. The number of amides is 1. The number of rotatable bonds is 8. The summed E-state index contributed by atoms with van der Waals surface area (Å²) in [7, 11) is 0. The summed E-state index contributed by atoms with van der Waals surface area (Å²) in [5, 5.41) is 22.3. The van der Waals surface area contributed by atoms with Crippen LogP contribution in [-0.2, 0) is 4.79 Å². The van der Waals surface area contributed by atoms with Crippen LogP contribution in [0.25, 0.3) is 17.1 Å². The number of carbonyl (C=O) groups excluding carboxylic acids is 1. The molecule has 0 fully saturated rings. The van der Waals surface area contributed by atoms with Gasteiger partial charge in [0.2, 0.25) is 0 Å². The zero-order chi connectivity index (χ0) is 23.9. The van der Waals surface area contributed by atoms with Crippen molar-refractivity contribution in [1.29, 1.82) is 0 Å². The second kappa shape index (κ2) is 10.9. The summed E-state index contributed by atoms with van der Waals surface area (Å²) in [6.07, 6.45) is 1.31. The summed E-state index contributed by atoms with van der Waals surface area (Å²) >= 11 is 4.67. The van der Waals surface area contributed by atoms with Crippen molar-refractivity contribution in [2.24, 2.45) is 5.10 Å². The van der Waals surface area contributed by atoms with E-state index in [1.165, 1.54) is 24.0 Å². The first-order valence-electron chi connectivity index (χ1n) is 10.1. The first-order chi connectivity index (χ1) is 16.5. The molecule has 4 rings (SSSR count). The third-order valence-electron chi connectivity index (χ3n) is 4.67. The second-order valence-corrected chi connectivity index (χ2v) is 8.82. The van der Waals surface area contributed by atoms with Gasteiger partial charge in [-0.15, -0.1) is 10.2 Å². The number of carboxylic acid groups (broad SMARTS) is 1. The Hall–Kier alpha value is -3.76. The summed E-state index contributed by atoms with van der Waals surface area (Å²) < 4.78 is 2.84. The Morgan fingerprint density at radius 3 is 2.44 bits per heavy atom. The predicted octanol–water partition coefficient (Wildman–Crippen LogP) is 4.64. The molecular formula is C24H18BrN5O3S. The molecular weight excluding hydrogens is 518 g/mol. The van der Waals surface area contributed by atoms with E-state index >= 15 is 0 Å². The van der Waals surface area contributed by atoms with Crippen LogP contribution < -0.4 is 5.43 Å². The van der Waals surface area contributed by atoms with Gasteiger partial charge in [-0.2, -0.15) is 5.10 Å². The fraction of sp³-hybridized carbons (Fsp3) is 0.0417. The van der Waals surface area contributed by atoms with Gasteiger partial charge in [0.1, 0.15) is 0 Å². The molecule has 1 aromatic heterocycles. The number of aromatic carboxylic acids is 1. The number of hydrogen-bond acceptors (Lipinski definition) is 6. The van der Waals surface area contributed by atoms with Gasteiger partial charge in [0.05, 0.1) is 17.5 Å². The molecule has 0 aliphatic heterocycles. The van der Waals surface area contributed by atoms with Crippen molar-refractivity contribution in [1.82, 2.24) is 20.2 Å². The molecule has 3 aromatic carbocycles. The quantitative estimate of drug-likeness (QED) is 0.193. The molecule has 1 amide bonds. The van der Waals surface area contributed by atoms with Gasteiger partial charge in [-0.1, -0.05) is 76.2 Å². The van der Waals surface area contributed by atoms with Crippen LogP contribution >= 0.6 is 27.7 Å². The van der Waals surface area contributed by atoms with Gasteiger partial charge < -0.3 is 5.11 Å². The number of nitrogens with zero attached hydrogens (tertiary/aromatic N) is 4. The molecule has 0 radical (unpaired) electrons. The van der Waals surface area contributed by atoms with Crippen LogP contribution in [0.4, 0.5) is 0 Å². The Bertz CT molecular complexity index is 1340. The van der Waals surface area contributed by atoms with E-state index in [2.05, 4.69) is 36.7 Å². The zero-order valence-corrected chi connectivity index (χ0v) is 20.0. The number of thioether (sulfide) groups is 1. The summed E-state index contributed by atoms with van der Waals surface area (Å²) in [5.74, 6) is -0.721. The van der Waals surface area contributed by atoms with Gasteiger partial charge in [0.25, 0.3) is 5.91 Å². The minimum absolute atomic E-state index is 0.0430. The number of carboxylic acids is 1. The maximum absolute atomic E-state index is 12.4. The lowest BCUT2D eigenvalue weighted by atomic mass is 10.1. The van der Waals surface area contributed by atoms with Gasteiger partial charge in [-0.3, -0.25) is 9.36 Å². The lowest BCUT2D eigenvalue weighted by Crippen LogP contribution is -2.20. The normalized spacial score (nSPS) is 11.0.